The second-order valence-electron chi connectivity index (χ2n) is 5.65. The molecule has 1 aliphatic rings. The number of hydrogen-bond acceptors (Lipinski definition) is 4. The Balaban J connectivity index is 0.00000400. The number of carbonyl (C=O) groups excluding carboxylic acids is 1. The van der Waals surface area contributed by atoms with Gasteiger partial charge < -0.3 is 15.2 Å². The third kappa shape index (κ3) is 6.16. The molecule has 6 heteroatoms. The Morgan fingerprint density at radius 1 is 1.38 bits per heavy atom. The van der Waals surface area contributed by atoms with Gasteiger partial charge in [-0.3, -0.25) is 9.69 Å². The van der Waals surface area contributed by atoms with Gasteiger partial charge in [0.25, 0.3) is 0 Å². The Labute approximate surface area is 164 Å². The van der Waals surface area contributed by atoms with Gasteiger partial charge in [-0.05, 0) is 46.2 Å². The van der Waals surface area contributed by atoms with Gasteiger partial charge in [0.1, 0.15) is 5.78 Å². The first kappa shape index (κ1) is 22.0. The molecule has 0 bridgehead atoms. The minimum absolute atomic E-state index is 0. The molecule has 1 N–H and O–H groups in total. The Kier molecular flexibility index (Phi) is 11.2. The molecule has 0 aliphatic carbocycles. The van der Waals surface area contributed by atoms with Gasteiger partial charge in [-0.2, -0.15) is 0 Å². The summed E-state index contributed by atoms with van der Waals surface area (Å²) in [4.78, 5) is 13.8. The fraction of sp³-hybridized carbons (Fsp3) is 0.933. The number of rotatable bonds is 8. The summed E-state index contributed by atoms with van der Waals surface area (Å²) in [6.07, 6.45) is 1.34. The van der Waals surface area contributed by atoms with Crippen LogP contribution in [0.25, 0.3) is 5.73 Å². The fourth-order valence-electron chi connectivity index (χ4n) is 3.15. The summed E-state index contributed by atoms with van der Waals surface area (Å²) in [6, 6.07) is -0.168. The maximum absolute atomic E-state index is 11.7. The molecule has 121 valence electrons. The third-order valence-corrected chi connectivity index (χ3v) is 4.24. The van der Waals surface area contributed by atoms with Crippen LogP contribution in [-0.4, -0.2) is 55.4 Å². The molecule has 0 saturated carbocycles. The van der Waals surface area contributed by atoms with Gasteiger partial charge in [-0.15, -0.1) is 6.04 Å². The number of likely N-dealkylation sites (N-methyl/N-ethyl adjacent to an activating group) is 1. The van der Waals surface area contributed by atoms with Crippen LogP contribution < -0.4 is 0 Å². The normalized spacial score (nSPS) is 29.0. The first-order chi connectivity index (χ1) is 9.42. The molecule has 1 fully saturated rings. The molecule has 0 aromatic carbocycles. The Hall–Kier alpha value is 0.952. The molecule has 1 radical (unpaired) electrons. The van der Waals surface area contributed by atoms with Crippen LogP contribution in [0.2, 0.25) is 0 Å². The zero-order valence-corrected chi connectivity index (χ0v) is 18.7. The summed E-state index contributed by atoms with van der Waals surface area (Å²) in [7, 11) is 1.96. The topological polar surface area (TPSA) is 62.6 Å². The van der Waals surface area contributed by atoms with Crippen LogP contribution in [0, 0.1) is 50.0 Å². The fourth-order valence-corrected chi connectivity index (χ4v) is 3.15. The molecule has 5 atom stereocenters. The maximum atomic E-state index is 11.7. The van der Waals surface area contributed by atoms with E-state index < -0.39 is 0 Å². The van der Waals surface area contributed by atoms with Crippen molar-refractivity contribution in [3.63, 3.8) is 0 Å². The van der Waals surface area contributed by atoms with E-state index in [1.54, 1.807) is 6.92 Å². The summed E-state index contributed by atoms with van der Waals surface area (Å²) < 4.78 is 11.1. The van der Waals surface area contributed by atoms with E-state index in [2.05, 4.69) is 4.90 Å². The van der Waals surface area contributed by atoms with Crippen LogP contribution in [0.5, 0.6) is 0 Å². The van der Waals surface area contributed by atoms with E-state index >= 15 is 0 Å². The molecular formula is C15H29AcN2O3-. The van der Waals surface area contributed by atoms with Crippen LogP contribution in [0.15, 0.2) is 0 Å². The van der Waals surface area contributed by atoms with Gasteiger partial charge in [-0.25, -0.2) is 0 Å². The van der Waals surface area contributed by atoms with Crippen LogP contribution in [-0.2, 0) is 14.3 Å². The average molecular weight is 512 g/mol. The summed E-state index contributed by atoms with van der Waals surface area (Å²) in [5.74, 6) is 0.403. The number of nitrogens with zero attached hydrogens (tertiary/aromatic N) is 1. The Morgan fingerprint density at radius 3 is 2.48 bits per heavy atom. The molecule has 0 spiro atoms. The molecule has 0 aromatic rings. The van der Waals surface area contributed by atoms with Gasteiger partial charge in [-0.1, -0.05) is 13.3 Å². The van der Waals surface area contributed by atoms with E-state index in [0.29, 0.717) is 13.2 Å². The standard InChI is InChI=1S/C15H29N2O3.Ac/c1-6-13(16)15-12(9-20-11(4)19-7-2)8-14(10(3)18)17(15)5;/h11-16H,6-9H2,1-5H3;/q-1;. The molecule has 0 amide bonds. The van der Waals surface area contributed by atoms with Crippen molar-refractivity contribution in [3.8, 4) is 0 Å². The van der Waals surface area contributed by atoms with Crippen molar-refractivity contribution in [1.82, 2.24) is 4.90 Å². The molecule has 21 heavy (non-hydrogen) atoms. The molecule has 0 aromatic heterocycles. The van der Waals surface area contributed by atoms with E-state index in [-0.39, 0.29) is 80.2 Å². The van der Waals surface area contributed by atoms with Crippen LogP contribution in [0.3, 0.4) is 0 Å². The molecular weight excluding hydrogens is 483 g/mol. The number of hydrogen-bond donors (Lipinski definition) is 0. The summed E-state index contributed by atoms with van der Waals surface area (Å²) in [6.45, 7) is 8.66. The molecule has 5 nitrogen and oxygen atoms in total. The smallest absolute Gasteiger partial charge is 0.154 e. The molecule has 1 aliphatic heterocycles. The summed E-state index contributed by atoms with van der Waals surface area (Å²) in [5, 5.41) is 0. The number of Topliss-reactive ketones (excluding diaryl/α,β-unsaturated/α-hetero) is 1. The van der Waals surface area contributed by atoms with Crippen LogP contribution in [0.1, 0.15) is 40.5 Å². The zero-order valence-electron chi connectivity index (χ0n) is 14.0. The van der Waals surface area contributed by atoms with Crippen molar-refractivity contribution in [2.75, 3.05) is 20.3 Å². The first-order valence-corrected chi connectivity index (χ1v) is 7.59. The second-order valence-corrected chi connectivity index (χ2v) is 5.65. The second kappa shape index (κ2) is 10.7. The minimum atomic E-state index is -0.229. The predicted molar refractivity (Wildman–Crippen MR) is 79.6 cm³/mol. The molecule has 1 rings (SSSR count). The van der Waals surface area contributed by atoms with Crippen molar-refractivity contribution in [3.05, 3.63) is 5.73 Å². The first-order valence-electron chi connectivity index (χ1n) is 7.59. The molecule has 1 heterocycles. The van der Waals surface area contributed by atoms with E-state index in [9.17, 15) is 4.79 Å². The number of likely N-dealkylation sites (tertiary alicyclic amines) is 1. The van der Waals surface area contributed by atoms with Crippen molar-refractivity contribution in [2.45, 2.75) is 65.0 Å². The van der Waals surface area contributed by atoms with E-state index in [1.807, 2.05) is 27.8 Å². The van der Waals surface area contributed by atoms with Gasteiger partial charge in [0, 0.05) is 50.7 Å². The quantitative estimate of drug-likeness (QED) is 0.469. The maximum Gasteiger partial charge on any atom is 0.154 e. The minimum Gasteiger partial charge on any atom is -0.673 e. The molecule has 1 saturated heterocycles. The number of carbonyl (C=O) groups is 1. The van der Waals surface area contributed by atoms with Gasteiger partial charge in [0.2, 0.25) is 0 Å². The van der Waals surface area contributed by atoms with E-state index in [0.717, 1.165) is 12.8 Å². The number of ether oxygens (including phenoxy) is 2. The Bertz CT molecular complexity index is 317. The van der Waals surface area contributed by atoms with E-state index in [4.69, 9.17) is 15.2 Å². The molecule has 5 unspecified atom stereocenters. The van der Waals surface area contributed by atoms with Crippen LogP contribution in [0.4, 0.5) is 0 Å². The summed E-state index contributed by atoms with van der Waals surface area (Å²) >= 11 is 0. The van der Waals surface area contributed by atoms with Crippen LogP contribution >= 0.6 is 0 Å². The van der Waals surface area contributed by atoms with Crippen molar-refractivity contribution in [2.24, 2.45) is 5.92 Å². The SMILES string of the molecule is CCOC(C)OCC1CC(C(C)=O)N(C)C1C([NH-])CC.[Ac]. The van der Waals surface area contributed by atoms with Crippen molar-refractivity contribution >= 4 is 5.78 Å². The number of nitrogens with one attached hydrogen (secondary N) is 1. The largest absolute Gasteiger partial charge is 0.673 e. The van der Waals surface area contributed by atoms with Gasteiger partial charge in [0.15, 0.2) is 6.29 Å². The van der Waals surface area contributed by atoms with Crippen molar-refractivity contribution < 1.29 is 58.3 Å². The predicted octanol–water partition coefficient (Wildman–Crippen LogP) is 2.49. The third-order valence-electron chi connectivity index (χ3n) is 4.24. The van der Waals surface area contributed by atoms with E-state index in [1.165, 1.54) is 0 Å². The van der Waals surface area contributed by atoms with Gasteiger partial charge in [0.05, 0.1) is 12.6 Å². The summed E-state index contributed by atoms with van der Waals surface area (Å²) in [5.41, 5.74) is 8.24. The van der Waals surface area contributed by atoms with Crippen molar-refractivity contribution in [1.29, 1.82) is 0 Å². The zero-order chi connectivity index (χ0) is 15.3. The average Bonchev–Trinajstić information content (AvgIpc) is 2.73. The number of ketones is 1. The Morgan fingerprint density at radius 2 is 2.00 bits per heavy atom. The monoisotopic (exact) mass is 512 g/mol. The van der Waals surface area contributed by atoms with Gasteiger partial charge >= 0.3 is 0 Å².